The number of hydrazone groups is 1. The third-order valence-electron chi connectivity index (χ3n) is 5.04. The third kappa shape index (κ3) is 4.80. The zero-order valence-corrected chi connectivity index (χ0v) is 17.4. The van der Waals surface area contributed by atoms with Gasteiger partial charge in [0.15, 0.2) is 0 Å². The lowest BCUT2D eigenvalue weighted by atomic mass is 10.1. The van der Waals surface area contributed by atoms with Gasteiger partial charge < -0.3 is 9.47 Å². The van der Waals surface area contributed by atoms with Gasteiger partial charge in [-0.2, -0.15) is 5.10 Å². The summed E-state index contributed by atoms with van der Waals surface area (Å²) < 4.78 is 15.5. The second kappa shape index (κ2) is 8.83. The van der Waals surface area contributed by atoms with Gasteiger partial charge in [0.25, 0.3) is 5.91 Å². The fraction of sp³-hybridized carbons (Fsp3) is 0.120. The van der Waals surface area contributed by atoms with Crippen molar-refractivity contribution in [2.24, 2.45) is 5.10 Å². The molecule has 0 aliphatic heterocycles. The third-order valence-corrected chi connectivity index (χ3v) is 5.04. The number of anilines is 1. The van der Waals surface area contributed by atoms with E-state index in [2.05, 4.69) is 15.1 Å². The molecule has 31 heavy (non-hydrogen) atoms. The summed E-state index contributed by atoms with van der Waals surface area (Å²) in [4.78, 5) is 14.3. The van der Waals surface area contributed by atoms with Gasteiger partial charge in [0.2, 0.25) is 0 Å². The molecule has 3 aromatic carbocycles. The summed E-state index contributed by atoms with van der Waals surface area (Å²) in [7, 11) is 3.85. The Bertz CT molecular complexity index is 1260. The predicted octanol–water partition coefficient (Wildman–Crippen LogP) is 4.66. The minimum atomic E-state index is -0.262. The smallest absolute Gasteiger partial charge is 0.271 e. The highest BCUT2D eigenvalue weighted by Crippen LogP contribution is 2.19. The van der Waals surface area contributed by atoms with Crippen molar-refractivity contribution in [1.29, 1.82) is 0 Å². The van der Waals surface area contributed by atoms with Crippen LogP contribution in [-0.2, 0) is 6.54 Å². The average molecular weight is 414 g/mol. The number of nitrogens with one attached hydrogen (secondary N) is 1. The molecule has 1 aromatic heterocycles. The first-order chi connectivity index (χ1) is 15.0. The summed E-state index contributed by atoms with van der Waals surface area (Å²) in [5.41, 5.74) is 6.90. The maximum absolute atomic E-state index is 13.4. The lowest BCUT2D eigenvalue weighted by molar-refractivity contribution is 0.0955. The number of aromatic nitrogens is 1. The molecule has 1 heterocycles. The number of carbonyl (C=O) groups is 1. The maximum Gasteiger partial charge on any atom is 0.271 e. The van der Waals surface area contributed by atoms with Crippen molar-refractivity contribution >= 4 is 28.7 Å². The van der Waals surface area contributed by atoms with E-state index in [4.69, 9.17) is 0 Å². The van der Waals surface area contributed by atoms with E-state index in [9.17, 15) is 9.18 Å². The molecule has 0 saturated heterocycles. The van der Waals surface area contributed by atoms with Crippen LogP contribution in [0.3, 0.4) is 0 Å². The molecule has 0 unspecified atom stereocenters. The van der Waals surface area contributed by atoms with Crippen LogP contribution in [0.1, 0.15) is 21.5 Å². The fourth-order valence-electron chi connectivity index (χ4n) is 3.42. The van der Waals surface area contributed by atoms with Crippen LogP contribution in [0.15, 0.2) is 84.1 Å². The Morgan fingerprint density at radius 2 is 1.90 bits per heavy atom. The zero-order valence-electron chi connectivity index (χ0n) is 17.4. The van der Waals surface area contributed by atoms with E-state index in [1.165, 1.54) is 6.07 Å². The summed E-state index contributed by atoms with van der Waals surface area (Å²) in [5.74, 6) is -0.495. The van der Waals surface area contributed by atoms with Crippen molar-refractivity contribution in [3.63, 3.8) is 0 Å². The van der Waals surface area contributed by atoms with Crippen molar-refractivity contribution in [2.45, 2.75) is 6.54 Å². The second-order valence-corrected chi connectivity index (χ2v) is 7.54. The Kier molecular flexibility index (Phi) is 5.80. The fourth-order valence-corrected chi connectivity index (χ4v) is 3.42. The summed E-state index contributed by atoms with van der Waals surface area (Å²) in [6.45, 7) is 0.594. The molecule has 4 rings (SSSR count). The number of carbonyl (C=O) groups excluding carboxylic acids is 1. The Balaban J connectivity index is 1.45. The van der Waals surface area contributed by atoms with Gasteiger partial charge in [0.1, 0.15) is 5.82 Å². The number of nitrogens with zero attached hydrogens (tertiary/aromatic N) is 3. The van der Waals surface area contributed by atoms with E-state index in [-0.39, 0.29) is 11.7 Å². The number of halogens is 1. The quantitative estimate of drug-likeness (QED) is 0.369. The largest absolute Gasteiger partial charge is 0.378 e. The SMILES string of the molecule is CN(C)c1cccc(C(=O)N/N=C/c2ccc3c(ccn3Cc3cccc(F)c3)c2)c1. The van der Waals surface area contributed by atoms with E-state index in [0.29, 0.717) is 12.1 Å². The zero-order chi connectivity index (χ0) is 21.8. The molecule has 0 radical (unpaired) electrons. The van der Waals surface area contributed by atoms with Gasteiger partial charge in [-0.15, -0.1) is 0 Å². The van der Waals surface area contributed by atoms with Crippen LogP contribution in [0.5, 0.6) is 0 Å². The molecule has 0 saturated carbocycles. The van der Waals surface area contributed by atoms with Crippen LogP contribution in [0.25, 0.3) is 10.9 Å². The van der Waals surface area contributed by atoms with Crippen LogP contribution in [0, 0.1) is 5.82 Å². The first kappa shape index (κ1) is 20.3. The highest BCUT2D eigenvalue weighted by molar-refractivity contribution is 5.96. The molecular formula is C25H23FN4O. The molecule has 0 atom stereocenters. The van der Waals surface area contributed by atoms with Crippen LogP contribution in [0.4, 0.5) is 10.1 Å². The summed E-state index contributed by atoms with van der Waals surface area (Å²) in [5, 5.41) is 5.14. The van der Waals surface area contributed by atoms with Gasteiger partial charge in [0.05, 0.1) is 6.21 Å². The molecule has 0 bridgehead atoms. The summed E-state index contributed by atoms with van der Waals surface area (Å²) in [6.07, 6.45) is 3.60. The van der Waals surface area contributed by atoms with Crippen molar-refractivity contribution < 1.29 is 9.18 Å². The Labute approximate surface area is 180 Å². The van der Waals surface area contributed by atoms with Gasteiger partial charge in [-0.3, -0.25) is 4.79 Å². The second-order valence-electron chi connectivity index (χ2n) is 7.54. The van der Waals surface area contributed by atoms with Gasteiger partial charge in [-0.1, -0.05) is 24.3 Å². The van der Waals surface area contributed by atoms with E-state index in [1.807, 2.05) is 73.7 Å². The molecule has 0 aliphatic rings. The number of rotatable bonds is 6. The molecular weight excluding hydrogens is 391 g/mol. The highest BCUT2D eigenvalue weighted by Gasteiger charge is 2.06. The minimum absolute atomic E-state index is 0.233. The van der Waals surface area contributed by atoms with Gasteiger partial charge in [-0.25, -0.2) is 9.82 Å². The van der Waals surface area contributed by atoms with E-state index < -0.39 is 0 Å². The lowest BCUT2D eigenvalue weighted by Crippen LogP contribution is -2.18. The molecule has 1 amide bonds. The van der Waals surface area contributed by atoms with E-state index >= 15 is 0 Å². The molecule has 1 N–H and O–H groups in total. The number of hydrogen-bond acceptors (Lipinski definition) is 3. The van der Waals surface area contributed by atoms with Crippen molar-refractivity contribution in [3.05, 3.63) is 102 Å². The van der Waals surface area contributed by atoms with Gasteiger partial charge in [-0.05, 0) is 59.7 Å². The number of benzene rings is 3. The number of fused-ring (bicyclic) bond motifs is 1. The summed E-state index contributed by atoms with van der Waals surface area (Å²) >= 11 is 0. The summed E-state index contributed by atoms with van der Waals surface area (Å²) in [6, 6.07) is 21.9. The predicted molar refractivity (Wildman–Crippen MR) is 123 cm³/mol. The van der Waals surface area contributed by atoms with Gasteiger partial charge >= 0.3 is 0 Å². The molecule has 4 aromatic rings. The molecule has 0 aliphatic carbocycles. The lowest BCUT2D eigenvalue weighted by Gasteiger charge is -2.12. The first-order valence-corrected chi connectivity index (χ1v) is 9.94. The minimum Gasteiger partial charge on any atom is -0.378 e. The standard InChI is InChI=1S/C25H23FN4O/c1-29(2)23-8-4-6-21(15-23)25(31)28-27-16-18-9-10-24-20(13-18)11-12-30(24)17-19-5-3-7-22(26)14-19/h3-16H,17H2,1-2H3,(H,28,31)/b27-16+. The van der Waals surface area contributed by atoms with Crippen LogP contribution >= 0.6 is 0 Å². The highest BCUT2D eigenvalue weighted by atomic mass is 19.1. The first-order valence-electron chi connectivity index (χ1n) is 9.94. The Hall–Kier alpha value is -3.93. The molecule has 5 nitrogen and oxygen atoms in total. The Morgan fingerprint density at radius 3 is 2.71 bits per heavy atom. The number of hydrogen-bond donors (Lipinski definition) is 1. The molecule has 6 heteroatoms. The van der Waals surface area contributed by atoms with Crippen molar-refractivity contribution in [1.82, 2.24) is 9.99 Å². The molecule has 156 valence electrons. The molecule has 0 spiro atoms. The van der Waals surface area contributed by atoms with E-state index in [0.717, 1.165) is 27.7 Å². The van der Waals surface area contributed by atoms with Crippen molar-refractivity contribution in [2.75, 3.05) is 19.0 Å². The van der Waals surface area contributed by atoms with Crippen LogP contribution in [-0.4, -0.2) is 30.8 Å². The van der Waals surface area contributed by atoms with Crippen molar-refractivity contribution in [3.8, 4) is 0 Å². The van der Waals surface area contributed by atoms with Gasteiger partial charge in [0, 0.05) is 49.0 Å². The Morgan fingerprint density at radius 1 is 1.06 bits per heavy atom. The normalized spacial score (nSPS) is 11.2. The molecule has 0 fully saturated rings. The van der Waals surface area contributed by atoms with Crippen LogP contribution < -0.4 is 10.3 Å². The van der Waals surface area contributed by atoms with Crippen LogP contribution in [0.2, 0.25) is 0 Å². The maximum atomic E-state index is 13.4. The number of amides is 1. The van der Waals surface area contributed by atoms with E-state index in [1.54, 1.807) is 24.4 Å². The topological polar surface area (TPSA) is 49.6 Å². The monoisotopic (exact) mass is 414 g/mol. The average Bonchev–Trinajstić information content (AvgIpc) is 3.15.